The normalized spacial score (nSPS) is 21.2. The van der Waals surface area contributed by atoms with E-state index in [2.05, 4.69) is 26.1 Å². The van der Waals surface area contributed by atoms with Gasteiger partial charge < -0.3 is 4.52 Å². The Morgan fingerprint density at radius 1 is 1.30 bits per heavy atom. The maximum absolute atomic E-state index is 13.2. The maximum Gasteiger partial charge on any atom is 0.248 e. The van der Waals surface area contributed by atoms with Crippen LogP contribution in [-0.4, -0.2) is 16.1 Å². The van der Waals surface area contributed by atoms with Crippen molar-refractivity contribution in [2.75, 3.05) is 0 Å². The van der Waals surface area contributed by atoms with Crippen LogP contribution in [0, 0.1) is 0 Å². The number of rotatable bonds is 3. The topological polar surface area (TPSA) is 38.9 Å². The molecule has 0 aliphatic heterocycles. The Labute approximate surface area is 123 Å². The highest BCUT2D eigenvalue weighted by molar-refractivity contribution is 9.08. The van der Waals surface area contributed by atoms with E-state index in [4.69, 9.17) is 4.52 Å². The van der Waals surface area contributed by atoms with Crippen LogP contribution in [0.1, 0.15) is 36.6 Å². The first-order chi connectivity index (χ1) is 9.57. The van der Waals surface area contributed by atoms with Crippen LogP contribution in [0.3, 0.4) is 0 Å². The molecule has 1 heterocycles. The van der Waals surface area contributed by atoms with Gasteiger partial charge in [0, 0.05) is 29.7 Å². The van der Waals surface area contributed by atoms with Crippen LogP contribution in [0.25, 0.3) is 11.4 Å². The van der Waals surface area contributed by atoms with E-state index in [0.717, 1.165) is 16.5 Å². The van der Waals surface area contributed by atoms with Crippen LogP contribution < -0.4 is 0 Å². The minimum Gasteiger partial charge on any atom is -0.339 e. The lowest BCUT2D eigenvalue weighted by atomic mass is 10.1. The van der Waals surface area contributed by atoms with E-state index in [-0.39, 0.29) is 18.8 Å². The minimum absolute atomic E-state index is 0.102. The van der Waals surface area contributed by atoms with Crippen molar-refractivity contribution in [2.24, 2.45) is 0 Å². The fraction of sp³-hybridized carbons (Fsp3) is 0.429. The third kappa shape index (κ3) is 2.75. The molecule has 0 spiro atoms. The van der Waals surface area contributed by atoms with Crippen molar-refractivity contribution in [1.29, 1.82) is 0 Å². The van der Waals surface area contributed by atoms with Gasteiger partial charge in [-0.1, -0.05) is 45.4 Å². The summed E-state index contributed by atoms with van der Waals surface area (Å²) in [5.74, 6) is -2.15. The lowest BCUT2D eigenvalue weighted by molar-refractivity contribution is 0.00690. The third-order valence-electron chi connectivity index (χ3n) is 3.56. The van der Waals surface area contributed by atoms with Gasteiger partial charge in [0.15, 0.2) is 0 Å². The van der Waals surface area contributed by atoms with Crippen LogP contribution in [-0.2, 0) is 5.33 Å². The number of hydrogen-bond acceptors (Lipinski definition) is 3. The lowest BCUT2D eigenvalue weighted by Crippen LogP contribution is -2.09. The molecule has 3 nitrogen and oxygen atoms in total. The molecule has 1 saturated carbocycles. The molecular weight excluding hydrogens is 330 g/mol. The Bertz CT molecular complexity index is 597. The monoisotopic (exact) mass is 342 g/mol. The average molecular weight is 343 g/mol. The Balaban J connectivity index is 1.79. The standard InChI is InChI=1S/C14H13BrF2N2O/c15-8-9-1-3-10(4-2-9)12-18-13(20-19-12)11-5-6-14(16,17)7-11/h1-4,11H,5-8H2. The Kier molecular flexibility index (Phi) is 3.58. The van der Waals surface area contributed by atoms with Crippen LogP contribution >= 0.6 is 15.9 Å². The van der Waals surface area contributed by atoms with E-state index in [1.54, 1.807) is 0 Å². The van der Waals surface area contributed by atoms with Crippen LogP contribution in [0.2, 0.25) is 0 Å². The summed E-state index contributed by atoms with van der Waals surface area (Å²) in [6, 6.07) is 7.72. The third-order valence-corrected chi connectivity index (χ3v) is 4.21. The van der Waals surface area contributed by atoms with Crippen molar-refractivity contribution in [3.8, 4) is 11.4 Å². The summed E-state index contributed by atoms with van der Waals surface area (Å²) < 4.78 is 31.5. The molecule has 0 bridgehead atoms. The molecular formula is C14H13BrF2N2O. The highest BCUT2D eigenvalue weighted by atomic mass is 79.9. The van der Waals surface area contributed by atoms with Gasteiger partial charge in [0.25, 0.3) is 0 Å². The van der Waals surface area contributed by atoms with Crippen molar-refractivity contribution >= 4 is 15.9 Å². The second kappa shape index (κ2) is 5.24. The van der Waals surface area contributed by atoms with Crippen molar-refractivity contribution in [1.82, 2.24) is 10.1 Å². The number of nitrogens with zero attached hydrogens (tertiary/aromatic N) is 2. The van der Waals surface area contributed by atoms with Crippen LogP contribution in [0.15, 0.2) is 28.8 Å². The smallest absolute Gasteiger partial charge is 0.248 e. The molecule has 1 fully saturated rings. The van der Waals surface area contributed by atoms with E-state index in [1.807, 2.05) is 24.3 Å². The highest BCUT2D eigenvalue weighted by Crippen LogP contribution is 2.43. The molecule has 1 aromatic heterocycles. The predicted octanol–water partition coefficient (Wildman–Crippen LogP) is 4.53. The summed E-state index contributed by atoms with van der Waals surface area (Å²) in [6.07, 6.45) is 0.101. The number of hydrogen-bond donors (Lipinski definition) is 0. The molecule has 20 heavy (non-hydrogen) atoms. The molecule has 106 valence electrons. The molecule has 1 aliphatic rings. The molecule has 1 aliphatic carbocycles. The summed E-state index contributed by atoms with van der Waals surface area (Å²) in [6.45, 7) is 0. The second-order valence-electron chi connectivity index (χ2n) is 5.08. The summed E-state index contributed by atoms with van der Waals surface area (Å²) in [7, 11) is 0. The SMILES string of the molecule is FC1(F)CCC(c2nc(-c3ccc(CBr)cc3)no2)C1. The molecule has 1 aromatic carbocycles. The van der Waals surface area contributed by atoms with Crippen molar-refractivity contribution in [3.05, 3.63) is 35.7 Å². The molecule has 0 radical (unpaired) electrons. The van der Waals surface area contributed by atoms with Gasteiger partial charge in [-0.15, -0.1) is 0 Å². The van der Waals surface area contributed by atoms with E-state index in [0.29, 0.717) is 18.1 Å². The maximum atomic E-state index is 13.2. The van der Waals surface area contributed by atoms with Gasteiger partial charge in [0.1, 0.15) is 0 Å². The molecule has 0 saturated heterocycles. The number of benzene rings is 1. The summed E-state index contributed by atoms with van der Waals surface area (Å²) in [4.78, 5) is 4.26. The second-order valence-corrected chi connectivity index (χ2v) is 5.64. The van der Waals surface area contributed by atoms with E-state index in [1.165, 1.54) is 0 Å². The average Bonchev–Trinajstić information content (AvgIpc) is 3.05. The van der Waals surface area contributed by atoms with Gasteiger partial charge in [0.2, 0.25) is 17.6 Å². The first-order valence-corrected chi connectivity index (χ1v) is 7.56. The van der Waals surface area contributed by atoms with Gasteiger partial charge in [-0.3, -0.25) is 0 Å². The first-order valence-electron chi connectivity index (χ1n) is 6.44. The van der Waals surface area contributed by atoms with Crippen molar-refractivity contribution in [3.63, 3.8) is 0 Å². The Hall–Kier alpha value is -1.30. The van der Waals surface area contributed by atoms with E-state index in [9.17, 15) is 8.78 Å². The fourth-order valence-electron chi connectivity index (χ4n) is 2.42. The van der Waals surface area contributed by atoms with Gasteiger partial charge in [-0.05, 0) is 12.0 Å². The molecule has 6 heteroatoms. The van der Waals surface area contributed by atoms with Gasteiger partial charge in [0.05, 0.1) is 0 Å². The van der Waals surface area contributed by atoms with Gasteiger partial charge in [-0.2, -0.15) is 4.98 Å². The number of halogens is 3. The van der Waals surface area contributed by atoms with Crippen molar-refractivity contribution in [2.45, 2.75) is 36.4 Å². The minimum atomic E-state index is -2.60. The van der Waals surface area contributed by atoms with Gasteiger partial charge in [-0.25, -0.2) is 8.78 Å². The van der Waals surface area contributed by atoms with Crippen LogP contribution in [0.4, 0.5) is 8.78 Å². The summed E-state index contributed by atoms with van der Waals surface area (Å²) in [5, 5.41) is 4.67. The lowest BCUT2D eigenvalue weighted by Gasteiger charge is -2.06. The molecule has 2 aromatic rings. The summed E-state index contributed by atoms with van der Waals surface area (Å²) in [5.41, 5.74) is 1.97. The zero-order valence-electron chi connectivity index (χ0n) is 10.7. The molecule has 3 rings (SSSR count). The Morgan fingerprint density at radius 3 is 2.65 bits per heavy atom. The van der Waals surface area contributed by atoms with E-state index >= 15 is 0 Å². The van der Waals surface area contributed by atoms with E-state index < -0.39 is 5.92 Å². The zero-order valence-corrected chi connectivity index (χ0v) is 12.2. The van der Waals surface area contributed by atoms with Crippen molar-refractivity contribution < 1.29 is 13.3 Å². The van der Waals surface area contributed by atoms with Gasteiger partial charge >= 0.3 is 0 Å². The number of alkyl halides is 3. The van der Waals surface area contributed by atoms with Crippen LogP contribution in [0.5, 0.6) is 0 Å². The molecule has 1 unspecified atom stereocenters. The quantitative estimate of drug-likeness (QED) is 0.769. The molecule has 0 N–H and O–H groups in total. The predicted molar refractivity (Wildman–Crippen MR) is 73.9 cm³/mol. The fourth-order valence-corrected chi connectivity index (χ4v) is 2.80. The highest BCUT2D eigenvalue weighted by Gasteiger charge is 2.42. The Morgan fingerprint density at radius 2 is 2.05 bits per heavy atom. The summed E-state index contributed by atoms with van der Waals surface area (Å²) >= 11 is 3.38. The largest absolute Gasteiger partial charge is 0.339 e. The molecule has 0 amide bonds. The first kappa shape index (κ1) is 13.7. The molecule has 1 atom stereocenters. The number of aromatic nitrogens is 2. The zero-order chi connectivity index (χ0) is 14.2.